The molecular formula is C26H24N6. The minimum Gasteiger partial charge on any atom is -0.306 e. The molecule has 0 amide bonds. The van der Waals surface area contributed by atoms with E-state index in [4.69, 9.17) is 15.3 Å². The summed E-state index contributed by atoms with van der Waals surface area (Å²) in [5.41, 5.74) is 6.29. The number of imidazole rings is 1. The molecule has 0 saturated heterocycles. The van der Waals surface area contributed by atoms with Gasteiger partial charge in [-0.3, -0.25) is 0 Å². The Labute approximate surface area is 187 Å². The lowest BCUT2D eigenvalue weighted by Crippen LogP contribution is -2.17. The van der Waals surface area contributed by atoms with Crippen molar-refractivity contribution < 1.29 is 0 Å². The topological polar surface area (TPSA) is 72.3 Å². The van der Waals surface area contributed by atoms with Gasteiger partial charge in [-0.15, -0.1) is 0 Å². The molecule has 0 radical (unpaired) electrons. The first-order valence-electron chi connectivity index (χ1n) is 10.9. The van der Waals surface area contributed by atoms with Crippen molar-refractivity contribution in [1.29, 1.82) is 5.26 Å². The smallest absolute Gasteiger partial charge is 0.174 e. The summed E-state index contributed by atoms with van der Waals surface area (Å²) < 4.78 is 4.08. The Morgan fingerprint density at radius 2 is 1.94 bits per heavy atom. The largest absolute Gasteiger partial charge is 0.306 e. The van der Waals surface area contributed by atoms with Crippen molar-refractivity contribution in [2.45, 2.75) is 39.2 Å². The van der Waals surface area contributed by atoms with Crippen LogP contribution in [0.4, 0.5) is 0 Å². The molecule has 2 aromatic carbocycles. The molecule has 1 aliphatic rings. The van der Waals surface area contributed by atoms with Gasteiger partial charge in [-0.2, -0.15) is 10.4 Å². The highest BCUT2D eigenvalue weighted by Gasteiger charge is 2.25. The summed E-state index contributed by atoms with van der Waals surface area (Å²) in [6.45, 7) is 4.99. The third-order valence-electron chi connectivity index (χ3n) is 5.97. The molecule has 6 heteroatoms. The molecule has 0 N–H and O–H groups in total. The lowest BCUT2D eigenvalue weighted by molar-refractivity contribution is 0.445. The Bertz CT molecular complexity index is 1330. The molecule has 1 atom stereocenters. The van der Waals surface area contributed by atoms with E-state index >= 15 is 0 Å². The second-order valence-corrected chi connectivity index (χ2v) is 8.28. The summed E-state index contributed by atoms with van der Waals surface area (Å²) >= 11 is 0. The van der Waals surface area contributed by atoms with Gasteiger partial charge in [-0.05, 0) is 73.7 Å². The van der Waals surface area contributed by atoms with E-state index in [0.29, 0.717) is 5.56 Å². The first kappa shape index (κ1) is 20.0. The molecule has 4 aromatic rings. The number of aryl methyl sites for hydroxylation is 3. The van der Waals surface area contributed by atoms with Crippen LogP contribution in [-0.4, -0.2) is 24.3 Å². The van der Waals surface area contributed by atoms with E-state index < -0.39 is 0 Å². The molecule has 1 aliphatic heterocycles. The predicted octanol–water partition coefficient (Wildman–Crippen LogP) is 5.05. The van der Waals surface area contributed by atoms with Crippen LogP contribution in [0, 0.1) is 25.2 Å². The average molecular weight is 421 g/mol. The number of fused-ring (bicyclic) bond motifs is 1. The molecule has 0 unspecified atom stereocenters. The Balaban J connectivity index is 1.38. The van der Waals surface area contributed by atoms with Gasteiger partial charge < -0.3 is 4.57 Å². The Morgan fingerprint density at radius 3 is 2.66 bits per heavy atom. The number of nitriles is 1. The van der Waals surface area contributed by atoms with E-state index in [1.165, 1.54) is 11.1 Å². The van der Waals surface area contributed by atoms with Gasteiger partial charge in [-0.25, -0.2) is 14.6 Å². The van der Waals surface area contributed by atoms with Crippen LogP contribution in [0.1, 0.15) is 58.4 Å². The van der Waals surface area contributed by atoms with Crippen LogP contribution in [0.2, 0.25) is 0 Å². The van der Waals surface area contributed by atoms with Crippen molar-refractivity contribution in [2.24, 2.45) is 0 Å². The number of rotatable bonds is 4. The standard InChI is InChI=1S/C26H24N6/c1-18-14-20(7-11-24(18)31-16-19(2)28-17-31)8-12-25-29-26-23(4-3-13-32(26)30-25)22-9-5-21(15-27)6-10-22/h5-12,14,16-17,23H,3-4,13H2,1-2H3/b12-8+/t23-/m0/s1. The minimum atomic E-state index is 0.214. The molecule has 32 heavy (non-hydrogen) atoms. The summed E-state index contributed by atoms with van der Waals surface area (Å²) in [6.07, 6.45) is 10.0. The fraction of sp³-hybridized carbons (Fsp3) is 0.231. The zero-order chi connectivity index (χ0) is 22.1. The summed E-state index contributed by atoms with van der Waals surface area (Å²) in [7, 11) is 0. The molecule has 158 valence electrons. The van der Waals surface area contributed by atoms with Crippen LogP contribution >= 0.6 is 0 Å². The lowest BCUT2D eigenvalue weighted by Gasteiger charge is -2.22. The van der Waals surface area contributed by atoms with Crippen LogP contribution < -0.4 is 0 Å². The van der Waals surface area contributed by atoms with Gasteiger partial charge in [0.2, 0.25) is 0 Å². The highest BCUT2D eigenvalue weighted by atomic mass is 15.4. The highest BCUT2D eigenvalue weighted by molar-refractivity contribution is 5.68. The van der Waals surface area contributed by atoms with E-state index in [9.17, 15) is 0 Å². The third-order valence-corrected chi connectivity index (χ3v) is 5.97. The van der Waals surface area contributed by atoms with E-state index in [-0.39, 0.29) is 5.92 Å². The van der Waals surface area contributed by atoms with E-state index in [1.54, 1.807) is 0 Å². The maximum atomic E-state index is 9.06. The van der Waals surface area contributed by atoms with Crippen molar-refractivity contribution in [1.82, 2.24) is 24.3 Å². The molecular weight excluding hydrogens is 396 g/mol. The van der Waals surface area contributed by atoms with Crippen LogP contribution in [0.15, 0.2) is 55.0 Å². The fourth-order valence-electron chi connectivity index (χ4n) is 4.34. The van der Waals surface area contributed by atoms with Crippen LogP contribution in [0.5, 0.6) is 0 Å². The quantitative estimate of drug-likeness (QED) is 0.463. The second kappa shape index (κ2) is 8.27. The van der Waals surface area contributed by atoms with Crippen molar-refractivity contribution in [3.05, 3.63) is 94.6 Å². The van der Waals surface area contributed by atoms with Gasteiger partial charge in [-0.1, -0.05) is 24.3 Å². The second-order valence-electron chi connectivity index (χ2n) is 8.28. The zero-order valence-electron chi connectivity index (χ0n) is 18.2. The molecule has 6 nitrogen and oxygen atoms in total. The molecule has 3 heterocycles. The normalized spacial score (nSPS) is 15.6. The van der Waals surface area contributed by atoms with Crippen LogP contribution in [0.3, 0.4) is 0 Å². The van der Waals surface area contributed by atoms with Gasteiger partial charge in [0.25, 0.3) is 0 Å². The van der Waals surface area contributed by atoms with Gasteiger partial charge in [0, 0.05) is 24.3 Å². The van der Waals surface area contributed by atoms with Gasteiger partial charge in [0.1, 0.15) is 5.82 Å². The molecule has 0 bridgehead atoms. The van der Waals surface area contributed by atoms with Gasteiger partial charge in [0.15, 0.2) is 5.82 Å². The third kappa shape index (κ3) is 3.85. The van der Waals surface area contributed by atoms with Crippen molar-refractivity contribution >= 4 is 12.2 Å². The number of benzene rings is 2. The molecule has 5 rings (SSSR count). The summed E-state index contributed by atoms with van der Waals surface area (Å²) in [5, 5.41) is 13.8. The van der Waals surface area contributed by atoms with Gasteiger partial charge >= 0.3 is 0 Å². The molecule has 0 fully saturated rings. The average Bonchev–Trinajstić information content (AvgIpc) is 3.43. The number of hydrogen-bond acceptors (Lipinski definition) is 4. The fourth-order valence-corrected chi connectivity index (χ4v) is 4.34. The van der Waals surface area contributed by atoms with Crippen LogP contribution in [0.25, 0.3) is 17.8 Å². The predicted molar refractivity (Wildman–Crippen MR) is 124 cm³/mol. The van der Waals surface area contributed by atoms with E-state index in [1.807, 2.05) is 59.0 Å². The van der Waals surface area contributed by atoms with E-state index in [0.717, 1.165) is 48.0 Å². The van der Waals surface area contributed by atoms with Crippen molar-refractivity contribution in [3.8, 4) is 11.8 Å². The SMILES string of the molecule is Cc1cn(-c2ccc(/C=C/c3nc4n(n3)CCC[C@H]4c3ccc(C#N)cc3)cc2C)cn1. The summed E-state index contributed by atoms with van der Waals surface area (Å²) in [5.74, 6) is 1.95. The molecule has 2 aromatic heterocycles. The lowest BCUT2D eigenvalue weighted by atomic mass is 9.91. The highest BCUT2D eigenvalue weighted by Crippen LogP contribution is 2.32. The monoisotopic (exact) mass is 420 g/mol. The molecule has 0 aliphatic carbocycles. The Kier molecular flexibility index (Phi) is 5.16. The first-order valence-corrected chi connectivity index (χ1v) is 10.9. The zero-order valence-corrected chi connectivity index (χ0v) is 18.2. The maximum absolute atomic E-state index is 9.06. The summed E-state index contributed by atoms with van der Waals surface area (Å²) in [6, 6.07) is 16.4. The van der Waals surface area contributed by atoms with Crippen LogP contribution in [-0.2, 0) is 6.54 Å². The van der Waals surface area contributed by atoms with E-state index in [2.05, 4.69) is 42.3 Å². The number of nitrogens with zero attached hydrogens (tertiary/aromatic N) is 6. The Hall–Kier alpha value is -3.98. The van der Waals surface area contributed by atoms with Gasteiger partial charge in [0.05, 0.1) is 23.7 Å². The minimum absolute atomic E-state index is 0.214. The Morgan fingerprint density at radius 1 is 1.09 bits per heavy atom. The molecule has 0 saturated carbocycles. The maximum Gasteiger partial charge on any atom is 0.174 e. The van der Waals surface area contributed by atoms with Crippen molar-refractivity contribution in [2.75, 3.05) is 0 Å². The number of aromatic nitrogens is 5. The molecule has 0 spiro atoms. The summed E-state index contributed by atoms with van der Waals surface area (Å²) in [4.78, 5) is 9.16. The number of hydrogen-bond donors (Lipinski definition) is 0. The van der Waals surface area contributed by atoms with Crippen molar-refractivity contribution in [3.63, 3.8) is 0 Å². The first-order chi connectivity index (χ1) is 15.6.